The number of benzene rings is 2. The molecule has 0 saturated carbocycles. The maximum Gasteiger partial charge on any atom is 0.259 e. The molecule has 1 atom stereocenters. The van der Waals surface area contributed by atoms with Crippen LogP contribution in [0.4, 0.5) is 5.82 Å². The Hall–Kier alpha value is -3.12. The second kappa shape index (κ2) is 7.63. The molecule has 1 aromatic heterocycles. The Morgan fingerprint density at radius 1 is 1.08 bits per heavy atom. The summed E-state index contributed by atoms with van der Waals surface area (Å²) in [4.78, 5) is 12.5. The van der Waals surface area contributed by atoms with Gasteiger partial charge in [-0.2, -0.15) is 5.10 Å². The number of amides is 1. The SMILES string of the molecule is COc1ccccc1-c1cc(NC(=O)C(OC)c2ccccc2)n[nH]1. The Bertz CT molecular complexity index is 846. The van der Waals surface area contributed by atoms with Gasteiger partial charge in [0.05, 0.1) is 12.8 Å². The van der Waals surface area contributed by atoms with Crippen LogP contribution < -0.4 is 10.1 Å². The standard InChI is InChI=1S/C19H19N3O3/c1-24-16-11-7-6-10-14(16)15-12-17(22-21-15)20-19(23)18(25-2)13-8-4-3-5-9-13/h3-12,18H,1-2H3,(H2,20,21,22,23). The Balaban J connectivity index is 1.78. The van der Waals surface area contributed by atoms with Crippen LogP contribution in [0.5, 0.6) is 5.75 Å². The number of carbonyl (C=O) groups is 1. The van der Waals surface area contributed by atoms with Gasteiger partial charge in [0.25, 0.3) is 5.91 Å². The molecular weight excluding hydrogens is 318 g/mol. The number of H-pyrrole nitrogens is 1. The van der Waals surface area contributed by atoms with E-state index in [1.54, 1.807) is 13.2 Å². The Morgan fingerprint density at radius 2 is 1.80 bits per heavy atom. The molecule has 2 aromatic carbocycles. The Kier molecular flexibility index (Phi) is 5.11. The molecule has 3 aromatic rings. The van der Waals surface area contributed by atoms with Crippen LogP contribution in [0.3, 0.4) is 0 Å². The highest BCUT2D eigenvalue weighted by molar-refractivity contribution is 5.94. The number of hydrogen-bond acceptors (Lipinski definition) is 4. The van der Waals surface area contributed by atoms with Crippen molar-refractivity contribution in [3.8, 4) is 17.0 Å². The van der Waals surface area contributed by atoms with E-state index in [1.165, 1.54) is 7.11 Å². The smallest absolute Gasteiger partial charge is 0.259 e. The quantitative estimate of drug-likeness (QED) is 0.723. The number of aromatic nitrogens is 2. The molecule has 0 fully saturated rings. The Labute approximate surface area is 145 Å². The van der Waals surface area contributed by atoms with Gasteiger partial charge in [-0.25, -0.2) is 0 Å². The summed E-state index contributed by atoms with van der Waals surface area (Å²) in [6.07, 6.45) is -0.701. The van der Waals surface area contributed by atoms with Crippen molar-refractivity contribution in [3.63, 3.8) is 0 Å². The molecule has 6 heteroatoms. The van der Waals surface area contributed by atoms with E-state index in [0.717, 1.165) is 22.6 Å². The third kappa shape index (κ3) is 3.70. The average molecular weight is 337 g/mol. The lowest BCUT2D eigenvalue weighted by Crippen LogP contribution is -2.22. The topological polar surface area (TPSA) is 76.2 Å². The molecule has 3 rings (SSSR count). The molecule has 0 bridgehead atoms. The fourth-order valence-electron chi connectivity index (χ4n) is 2.60. The van der Waals surface area contributed by atoms with Crippen LogP contribution in [-0.4, -0.2) is 30.3 Å². The van der Waals surface area contributed by atoms with Gasteiger partial charge in [-0.05, 0) is 17.7 Å². The van der Waals surface area contributed by atoms with Crippen molar-refractivity contribution < 1.29 is 14.3 Å². The predicted octanol–water partition coefficient (Wildman–Crippen LogP) is 3.41. The molecule has 0 aliphatic carbocycles. The molecule has 0 aliphatic heterocycles. The van der Waals surface area contributed by atoms with E-state index in [1.807, 2.05) is 54.6 Å². The number of ether oxygens (including phenoxy) is 2. The molecule has 0 radical (unpaired) electrons. The number of nitrogens with one attached hydrogen (secondary N) is 2. The minimum atomic E-state index is -0.701. The molecule has 128 valence electrons. The lowest BCUT2D eigenvalue weighted by molar-refractivity contribution is -0.126. The van der Waals surface area contributed by atoms with Crippen molar-refractivity contribution in [1.29, 1.82) is 0 Å². The first-order chi connectivity index (χ1) is 12.2. The molecule has 2 N–H and O–H groups in total. The van der Waals surface area contributed by atoms with Crippen LogP contribution in [0.15, 0.2) is 60.7 Å². The minimum Gasteiger partial charge on any atom is -0.496 e. The van der Waals surface area contributed by atoms with Crippen LogP contribution in [-0.2, 0) is 9.53 Å². The average Bonchev–Trinajstić information content (AvgIpc) is 3.11. The summed E-state index contributed by atoms with van der Waals surface area (Å²) in [6, 6.07) is 18.7. The zero-order valence-corrected chi connectivity index (χ0v) is 14.0. The van der Waals surface area contributed by atoms with Crippen molar-refractivity contribution in [2.45, 2.75) is 6.10 Å². The fraction of sp³-hybridized carbons (Fsp3) is 0.158. The lowest BCUT2D eigenvalue weighted by atomic mass is 10.1. The number of para-hydroxylation sites is 1. The summed E-state index contributed by atoms with van der Waals surface area (Å²) in [7, 11) is 3.11. The number of hydrogen-bond donors (Lipinski definition) is 2. The number of rotatable bonds is 6. The van der Waals surface area contributed by atoms with Crippen LogP contribution in [0, 0.1) is 0 Å². The summed E-state index contributed by atoms with van der Waals surface area (Å²) in [6.45, 7) is 0. The van der Waals surface area contributed by atoms with Gasteiger partial charge in [0, 0.05) is 18.7 Å². The molecule has 0 saturated heterocycles. The second-order valence-electron chi connectivity index (χ2n) is 5.38. The van der Waals surface area contributed by atoms with Crippen LogP contribution in [0.1, 0.15) is 11.7 Å². The zero-order chi connectivity index (χ0) is 17.6. The third-order valence-electron chi connectivity index (χ3n) is 3.80. The van der Waals surface area contributed by atoms with Gasteiger partial charge < -0.3 is 14.8 Å². The maximum absolute atomic E-state index is 12.5. The number of methoxy groups -OCH3 is 2. The van der Waals surface area contributed by atoms with Crippen molar-refractivity contribution in [1.82, 2.24) is 10.2 Å². The van der Waals surface area contributed by atoms with E-state index in [0.29, 0.717) is 5.82 Å². The zero-order valence-electron chi connectivity index (χ0n) is 14.0. The molecule has 6 nitrogen and oxygen atoms in total. The number of carbonyl (C=O) groups excluding carboxylic acids is 1. The first kappa shape index (κ1) is 16.7. The van der Waals surface area contributed by atoms with Crippen molar-refractivity contribution in [2.24, 2.45) is 0 Å². The van der Waals surface area contributed by atoms with E-state index in [4.69, 9.17) is 9.47 Å². The van der Waals surface area contributed by atoms with Crippen LogP contribution >= 0.6 is 0 Å². The molecular formula is C19H19N3O3. The van der Waals surface area contributed by atoms with E-state index in [9.17, 15) is 4.79 Å². The van der Waals surface area contributed by atoms with Crippen molar-refractivity contribution in [2.75, 3.05) is 19.5 Å². The van der Waals surface area contributed by atoms with Crippen LogP contribution in [0.25, 0.3) is 11.3 Å². The van der Waals surface area contributed by atoms with Gasteiger partial charge in [0.1, 0.15) is 5.75 Å². The van der Waals surface area contributed by atoms with Gasteiger partial charge in [0.15, 0.2) is 11.9 Å². The largest absolute Gasteiger partial charge is 0.496 e. The van der Waals surface area contributed by atoms with E-state index < -0.39 is 6.10 Å². The predicted molar refractivity (Wildman–Crippen MR) is 95.4 cm³/mol. The van der Waals surface area contributed by atoms with Crippen molar-refractivity contribution in [3.05, 3.63) is 66.2 Å². The monoisotopic (exact) mass is 337 g/mol. The number of anilines is 1. The Morgan fingerprint density at radius 3 is 2.52 bits per heavy atom. The van der Waals surface area contributed by atoms with E-state index >= 15 is 0 Å². The van der Waals surface area contributed by atoms with Gasteiger partial charge in [0.2, 0.25) is 0 Å². The normalized spacial score (nSPS) is 11.8. The molecule has 1 amide bonds. The van der Waals surface area contributed by atoms with E-state index in [2.05, 4.69) is 15.5 Å². The van der Waals surface area contributed by atoms with Gasteiger partial charge in [-0.3, -0.25) is 9.89 Å². The lowest BCUT2D eigenvalue weighted by Gasteiger charge is -2.14. The summed E-state index contributed by atoms with van der Waals surface area (Å²) >= 11 is 0. The van der Waals surface area contributed by atoms with Gasteiger partial charge in [-0.15, -0.1) is 0 Å². The minimum absolute atomic E-state index is 0.285. The first-order valence-electron chi connectivity index (χ1n) is 7.80. The fourth-order valence-corrected chi connectivity index (χ4v) is 2.60. The molecule has 1 unspecified atom stereocenters. The van der Waals surface area contributed by atoms with E-state index in [-0.39, 0.29) is 5.91 Å². The second-order valence-corrected chi connectivity index (χ2v) is 5.38. The number of aromatic amines is 1. The highest BCUT2D eigenvalue weighted by Gasteiger charge is 2.21. The van der Waals surface area contributed by atoms with Gasteiger partial charge in [-0.1, -0.05) is 42.5 Å². The highest BCUT2D eigenvalue weighted by Crippen LogP contribution is 2.29. The summed E-state index contributed by atoms with van der Waals surface area (Å²) in [5, 5.41) is 9.84. The molecule has 0 aliphatic rings. The summed E-state index contributed by atoms with van der Waals surface area (Å²) in [5.41, 5.74) is 2.40. The molecule has 25 heavy (non-hydrogen) atoms. The molecule has 0 spiro atoms. The maximum atomic E-state index is 12.5. The van der Waals surface area contributed by atoms with Crippen molar-refractivity contribution >= 4 is 11.7 Å². The summed E-state index contributed by atoms with van der Waals surface area (Å²) < 4.78 is 10.7. The summed E-state index contributed by atoms with van der Waals surface area (Å²) in [5.74, 6) is 0.860. The molecule has 1 heterocycles. The third-order valence-corrected chi connectivity index (χ3v) is 3.80. The number of nitrogens with zero attached hydrogens (tertiary/aromatic N) is 1. The highest BCUT2D eigenvalue weighted by atomic mass is 16.5. The van der Waals surface area contributed by atoms with Crippen LogP contribution in [0.2, 0.25) is 0 Å². The van der Waals surface area contributed by atoms with Gasteiger partial charge >= 0.3 is 0 Å². The first-order valence-corrected chi connectivity index (χ1v) is 7.80.